The minimum atomic E-state index is -1.06. The molecule has 0 aliphatic rings. The van der Waals surface area contributed by atoms with Crippen LogP contribution in [-0.4, -0.2) is 27.9 Å². The Morgan fingerprint density at radius 1 is 1.47 bits per heavy atom. The van der Waals surface area contributed by atoms with Crippen LogP contribution < -0.4 is 0 Å². The van der Waals surface area contributed by atoms with Gasteiger partial charge >= 0.3 is 5.97 Å². The third kappa shape index (κ3) is 3.76. The summed E-state index contributed by atoms with van der Waals surface area (Å²) in [5, 5.41) is 16.6. The summed E-state index contributed by atoms with van der Waals surface area (Å²) in [6.07, 6.45) is 0. The van der Waals surface area contributed by atoms with Crippen LogP contribution in [0.15, 0.2) is 27.1 Å². The number of aliphatic carboxylic acids is 1. The summed E-state index contributed by atoms with van der Waals surface area (Å²) in [5.41, 5.74) is 0.696. The second kappa shape index (κ2) is 6.14. The summed E-state index contributed by atoms with van der Waals surface area (Å²) in [7, 11) is 0. The van der Waals surface area contributed by atoms with Crippen LogP contribution in [-0.2, 0) is 16.1 Å². The molecule has 2 rings (SSSR count). The molecule has 0 spiro atoms. The zero-order valence-electron chi connectivity index (χ0n) is 9.47. The molecule has 19 heavy (non-hydrogen) atoms. The first-order valence-corrected chi connectivity index (χ1v) is 6.30. The maximum absolute atomic E-state index is 10.3. The van der Waals surface area contributed by atoms with Crippen molar-refractivity contribution >= 4 is 33.5 Å². The molecule has 0 amide bonds. The molecule has 0 atom stereocenters. The number of aromatic nitrogens is 2. The maximum atomic E-state index is 10.3. The zero-order chi connectivity index (χ0) is 13.8. The fraction of sp³-hybridized carbons (Fsp3) is 0.182. The Morgan fingerprint density at radius 3 is 2.95 bits per heavy atom. The predicted octanol–water partition coefficient (Wildman–Crippen LogP) is 2.75. The number of ether oxygens (including phenoxy) is 1. The van der Waals surface area contributed by atoms with Gasteiger partial charge < -0.3 is 14.3 Å². The van der Waals surface area contributed by atoms with Crippen LogP contribution in [0.1, 0.15) is 5.89 Å². The fourth-order valence-electron chi connectivity index (χ4n) is 1.31. The molecule has 8 heteroatoms. The summed E-state index contributed by atoms with van der Waals surface area (Å²) in [5.74, 6) is -0.546. The number of carboxylic acids is 1. The Morgan fingerprint density at radius 2 is 2.26 bits per heavy atom. The molecule has 0 saturated carbocycles. The van der Waals surface area contributed by atoms with Gasteiger partial charge in [0, 0.05) is 9.50 Å². The van der Waals surface area contributed by atoms with Crippen molar-refractivity contribution in [2.45, 2.75) is 6.61 Å². The second-order valence-electron chi connectivity index (χ2n) is 3.51. The first-order valence-electron chi connectivity index (χ1n) is 5.13. The van der Waals surface area contributed by atoms with E-state index in [4.69, 9.17) is 25.9 Å². The largest absolute Gasteiger partial charge is 0.480 e. The van der Waals surface area contributed by atoms with Crippen LogP contribution in [0.4, 0.5) is 0 Å². The van der Waals surface area contributed by atoms with Gasteiger partial charge in [0.25, 0.3) is 0 Å². The Balaban J connectivity index is 2.10. The smallest absolute Gasteiger partial charge is 0.329 e. The van der Waals surface area contributed by atoms with Gasteiger partial charge in [-0.3, -0.25) is 0 Å². The number of nitrogens with zero attached hydrogens (tertiary/aromatic N) is 2. The number of carboxylic acid groups (broad SMARTS) is 1. The topological polar surface area (TPSA) is 85.5 Å². The van der Waals surface area contributed by atoms with Crippen LogP contribution in [0.3, 0.4) is 0 Å². The monoisotopic (exact) mass is 346 g/mol. The zero-order valence-corrected chi connectivity index (χ0v) is 11.8. The molecule has 0 radical (unpaired) electrons. The highest BCUT2D eigenvalue weighted by molar-refractivity contribution is 9.10. The van der Waals surface area contributed by atoms with Crippen molar-refractivity contribution in [1.82, 2.24) is 10.2 Å². The second-order valence-corrected chi connectivity index (χ2v) is 4.80. The van der Waals surface area contributed by atoms with Crippen LogP contribution in [0, 0.1) is 0 Å². The van der Waals surface area contributed by atoms with Crippen molar-refractivity contribution in [2.24, 2.45) is 0 Å². The molecular weight excluding hydrogens is 339 g/mol. The minimum Gasteiger partial charge on any atom is -0.480 e. The van der Waals surface area contributed by atoms with Crippen molar-refractivity contribution in [1.29, 1.82) is 0 Å². The number of rotatable bonds is 5. The van der Waals surface area contributed by atoms with Gasteiger partial charge in [0.2, 0.25) is 11.8 Å². The highest BCUT2D eigenvalue weighted by Crippen LogP contribution is 2.29. The third-order valence-corrected chi connectivity index (χ3v) is 2.97. The summed E-state index contributed by atoms with van der Waals surface area (Å²) < 4.78 is 10.9. The Kier molecular flexibility index (Phi) is 4.52. The number of hydrogen-bond acceptors (Lipinski definition) is 5. The molecule has 2 aromatic rings. The van der Waals surface area contributed by atoms with Gasteiger partial charge in [0.1, 0.15) is 13.2 Å². The van der Waals surface area contributed by atoms with E-state index < -0.39 is 12.6 Å². The lowest BCUT2D eigenvalue weighted by Crippen LogP contribution is -2.06. The lowest BCUT2D eigenvalue weighted by atomic mass is 10.2. The van der Waals surface area contributed by atoms with Crippen LogP contribution >= 0.6 is 27.5 Å². The molecule has 0 fully saturated rings. The average molecular weight is 348 g/mol. The van der Waals surface area contributed by atoms with Crippen molar-refractivity contribution in [3.63, 3.8) is 0 Å². The molecule has 1 N–H and O–H groups in total. The van der Waals surface area contributed by atoms with E-state index in [1.54, 1.807) is 18.2 Å². The number of halogens is 2. The third-order valence-electron chi connectivity index (χ3n) is 2.08. The molecule has 0 bridgehead atoms. The van der Waals surface area contributed by atoms with E-state index in [0.29, 0.717) is 16.5 Å². The molecule has 0 unspecified atom stereocenters. The molecule has 0 aliphatic carbocycles. The van der Waals surface area contributed by atoms with Gasteiger partial charge in [0.15, 0.2) is 0 Å². The van der Waals surface area contributed by atoms with E-state index in [1.807, 2.05) is 0 Å². The van der Waals surface area contributed by atoms with E-state index in [0.717, 1.165) is 4.47 Å². The fourth-order valence-corrected chi connectivity index (χ4v) is 2.16. The van der Waals surface area contributed by atoms with E-state index in [9.17, 15) is 4.79 Å². The highest BCUT2D eigenvalue weighted by atomic mass is 79.9. The van der Waals surface area contributed by atoms with Crippen molar-refractivity contribution in [3.8, 4) is 11.5 Å². The predicted molar refractivity (Wildman–Crippen MR) is 69.7 cm³/mol. The lowest BCUT2D eigenvalue weighted by molar-refractivity contribution is -0.142. The van der Waals surface area contributed by atoms with Gasteiger partial charge in [0.05, 0.1) is 5.56 Å². The molecular formula is C11H8BrClN2O4. The highest BCUT2D eigenvalue weighted by Gasteiger charge is 2.12. The normalized spacial score (nSPS) is 10.6. The Hall–Kier alpha value is -1.44. The molecule has 1 aromatic heterocycles. The van der Waals surface area contributed by atoms with Gasteiger partial charge in [-0.25, -0.2) is 4.79 Å². The first-order chi connectivity index (χ1) is 9.06. The minimum absolute atomic E-state index is 0.0511. The van der Waals surface area contributed by atoms with Crippen molar-refractivity contribution in [3.05, 3.63) is 33.6 Å². The Bertz CT molecular complexity index is 602. The summed E-state index contributed by atoms with van der Waals surface area (Å²) >= 11 is 9.18. The molecule has 0 saturated heterocycles. The number of carbonyl (C=O) groups is 1. The van der Waals surface area contributed by atoms with Gasteiger partial charge in [-0.1, -0.05) is 11.6 Å². The van der Waals surface area contributed by atoms with Crippen LogP contribution in [0.5, 0.6) is 0 Å². The van der Waals surface area contributed by atoms with E-state index >= 15 is 0 Å². The summed E-state index contributed by atoms with van der Waals surface area (Å²) in [4.78, 5) is 10.3. The molecule has 100 valence electrons. The van der Waals surface area contributed by atoms with Gasteiger partial charge in [-0.2, -0.15) is 0 Å². The summed E-state index contributed by atoms with van der Waals surface area (Å²) in [6, 6.07) is 5.15. The van der Waals surface area contributed by atoms with E-state index in [-0.39, 0.29) is 12.5 Å². The SMILES string of the molecule is O=C(O)COCc1nnc(-c2ccc(Cl)cc2Br)o1. The van der Waals surface area contributed by atoms with Gasteiger partial charge in [-0.15, -0.1) is 10.2 Å². The van der Waals surface area contributed by atoms with E-state index in [1.165, 1.54) is 0 Å². The van der Waals surface area contributed by atoms with Crippen LogP contribution in [0.2, 0.25) is 5.02 Å². The molecule has 1 aromatic carbocycles. The quantitative estimate of drug-likeness (QED) is 0.895. The average Bonchev–Trinajstić information content (AvgIpc) is 2.77. The summed E-state index contributed by atoms with van der Waals surface area (Å²) in [6.45, 7) is -0.465. The van der Waals surface area contributed by atoms with Crippen LogP contribution in [0.25, 0.3) is 11.5 Å². The molecule has 0 aliphatic heterocycles. The lowest BCUT2D eigenvalue weighted by Gasteiger charge is -1.99. The Labute approximate surface area is 121 Å². The van der Waals surface area contributed by atoms with Crippen molar-refractivity contribution < 1.29 is 19.1 Å². The number of hydrogen-bond donors (Lipinski definition) is 1. The first kappa shape index (κ1) is 14.0. The number of benzene rings is 1. The van der Waals surface area contributed by atoms with E-state index in [2.05, 4.69) is 26.1 Å². The molecule has 6 nitrogen and oxygen atoms in total. The van der Waals surface area contributed by atoms with Crippen molar-refractivity contribution in [2.75, 3.05) is 6.61 Å². The van der Waals surface area contributed by atoms with Gasteiger partial charge in [-0.05, 0) is 34.1 Å². The molecule has 1 heterocycles. The maximum Gasteiger partial charge on any atom is 0.329 e. The standard InChI is InChI=1S/C11H8BrClN2O4/c12-8-3-6(13)1-2-7(8)11-15-14-9(19-11)4-18-5-10(16)17/h1-3H,4-5H2,(H,16,17).